The fourth-order valence-corrected chi connectivity index (χ4v) is 4.34. The maximum absolute atomic E-state index is 12.9. The highest BCUT2D eigenvalue weighted by Crippen LogP contribution is 2.25. The molecule has 0 saturated carbocycles. The Morgan fingerprint density at radius 3 is 1.94 bits per heavy atom. The minimum absolute atomic E-state index is 0.0524. The van der Waals surface area contributed by atoms with Crippen LogP contribution in [0.1, 0.15) is 84.5 Å². The second kappa shape index (κ2) is 18.4. The number of methoxy groups -OCH3 is 1. The van der Waals surface area contributed by atoms with Gasteiger partial charge in [-0.3, -0.25) is 9.59 Å². The van der Waals surface area contributed by atoms with Crippen LogP contribution >= 0.6 is 11.8 Å². The summed E-state index contributed by atoms with van der Waals surface area (Å²) in [4.78, 5) is 23.9. The number of hydrogen-bond acceptors (Lipinski definition) is 5. The molecule has 0 fully saturated rings. The lowest BCUT2D eigenvalue weighted by Gasteiger charge is -2.20. The molecule has 190 valence electrons. The molecule has 9 heteroatoms. The number of halogens is 4. The third-order valence-corrected chi connectivity index (χ3v) is 6.48. The lowest BCUT2D eigenvalue weighted by Crippen LogP contribution is -2.35. The quantitative estimate of drug-likeness (QED) is 0.106. The van der Waals surface area contributed by atoms with E-state index in [-0.39, 0.29) is 6.42 Å². The molecule has 0 aliphatic carbocycles. The average Bonchev–Trinajstić information content (AvgIpc) is 2.76. The summed E-state index contributed by atoms with van der Waals surface area (Å²) < 4.78 is 59.3. The maximum Gasteiger partial charge on any atom is 0.340 e. The number of hydrogen-bond donors (Lipinski definition) is 0. The Morgan fingerprint density at radius 1 is 0.906 bits per heavy atom. The standard InChI is InChI=1S/C23H40F4O4S/c1-4-5-6-7-8-9-10-11-12-13-14-32-16-19(21(29)30-3)15-18(2)20(28)31-17-23(26,27)22(24)25/h18-19,22H,4-17H2,1-3H3. The van der Waals surface area contributed by atoms with Crippen LogP contribution in [0.15, 0.2) is 0 Å². The van der Waals surface area contributed by atoms with Gasteiger partial charge in [-0.1, -0.05) is 71.6 Å². The van der Waals surface area contributed by atoms with E-state index in [0.29, 0.717) is 5.75 Å². The summed E-state index contributed by atoms with van der Waals surface area (Å²) in [5.41, 5.74) is 0. The average molecular weight is 489 g/mol. The Morgan fingerprint density at radius 2 is 1.44 bits per heavy atom. The summed E-state index contributed by atoms with van der Waals surface area (Å²) >= 11 is 1.59. The Balaban J connectivity index is 4.10. The molecular weight excluding hydrogens is 448 g/mol. The van der Waals surface area contributed by atoms with Crippen LogP contribution in [0.4, 0.5) is 17.6 Å². The first-order valence-electron chi connectivity index (χ1n) is 11.6. The minimum Gasteiger partial charge on any atom is -0.469 e. The zero-order valence-corrected chi connectivity index (χ0v) is 20.5. The molecule has 0 aromatic heterocycles. The molecule has 0 amide bonds. The summed E-state index contributed by atoms with van der Waals surface area (Å²) in [5.74, 6) is -6.06. The molecule has 32 heavy (non-hydrogen) atoms. The van der Waals surface area contributed by atoms with Gasteiger partial charge in [-0.05, 0) is 18.6 Å². The van der Waals surface area contributed by atoms with E-state index in [9.17, 15) is 27.2 Å². The second-order valence-corrected chi connectivity index (χ2v) is 9.43. The van der Waals surface area contributed by atoms with Gasteiger partial charge in [-0.2, -0.15) is 20.5 Å². The number of esters is 2. The summed E-state index contributed by atoms with van der Waals surface area (Å²) in [6, 6.07) is 0. The van der Waals surface area contributed by atoms with Gasteiger partial charge in [0.05, 0.1) is 18.9 Å². The van der Waals surface area contributed by atoms with Gasteiger partial charge in [0.2, 0.25) is 0 Å². The molecule has 0 rings (SSSR count). The second-order valence-electron chi connectivity index (χ2n) is 8.28. The molecule has 0 aliphatic heterocycles. The Labute approximate surface area is 194 Å². The third kappa shape index (κ3) is 15.0. The van der Waals surface area contributed by atoms with Gasteiger partial charge in [-0.15, -0.1) is 0 Å². The summed E-state index contributed by atoms with van der Waals surface area (Å²) in [7, 11) is 1.24. The molecule has 0 spiro atoms. The van der Waals surface area contributed by atoms with Crippen LogP contribution in [-0.4, -0.2) is 49.5 Å². The zero-order chi connectivity index (χ0) is 24.4. The van der Waals surface area contributed by atoms with Gasteiger partial charge in [0, 0.05) is 5.75 Å². The number of ether oxygens (including phenoxy) is 2. The van der Waals surface area contributed by atoms with Crippen LogP contribution in [0, 0.1) is 11.8 Å². The van der Waals surface area contributed by atoms with Gasteiger partial charge in [0.15, 0.2) is 6.61 Å². The van der Waals surface area contributed by atoms with E-state index in [1.54, 1.807) is 11.8 Å². The highest BCUT2D eigenvalue weighted by molar-refractivity contribution is 7.99. The van der Waals surface area contributed by atoms with Crippen molar-refractivity contribution in [1.29, 1.82) is 0 Å². The van der Waals surface area contributed by atoms with E-state index in [4.69, 9.17) is 4.74 Å². The molecule has 0 N–H and O–H groups in total. The van der Waals surface area contributed by atoms with Crippen molar-refractivity contribution >= 4 is 23.7 Å². The lowest BCUT2D eigenvalue weighted by molar-refractivity contribution is -0.182. The highest BCUT2D eigenvalue weighted by Gasteiger charge is 2.42. The predicted octanol–water partition coefficient (Wildman–Crippen LogP) is 6.90. The van der Waals surface area contributed by atoms with Crippen LogP contribution in [0.5, 0.6) is 0 Å². The first-order chi connectivity index (χ1) is 15.2. The molecule has 0 saturated heterocycles. The van der Waals surface area contributed by atoms with E-state index in [2.05, 4.69) is 11.7 Å². The SMILES string of the molecule is CCCCCCCCCCCCSCC(CC(C)C(=O)OCC(F)(F)C(F)F)C(=O)OC. The van der Waals surface area contributed by atoms with Crippen molar-refractivity contribution in [3.8, 4) is 0 Å². The molecule has 0 bridgehead atoms. The van der Waals surface area contributed by atoms with Crippen molar-refractivity contribution < 1.29 is 36.6 Å². The predicted molar refractivity (Wildman–Crippen MR) is 120 cm³/mol. The first-order valence-corrected chi connectivity index (χ1v) is 12.8. The van der Waals surface area contributed by atoms with E-state index < -0.39 is 42.7 Å². The first kappa shape index (κ1) is 31.0. The molecule has 0 radical (unpaired) electrons. The van der Waals surface area contributed by atoms with E-state index in [0.717, 1.165) is 18.6 Å². The van der Waals surface area contributed by atoms with Gasteiger partial charge >= 0.3 is 24.3 Å². The number of rotatable bonds is 20. The zero-order valence-electron chi connectivity index (χ0n) is 19.7. The number of carbonyl (C=O) groups is 2. The fourth-order valence-electron chi connectivity index (χ4n) is 3.21. The van der Waals surface area contributed by atoms with Crippen LogP contribution in [0.3, 0.4) is 0 Å². The van der Waals surface area contributed by atoms with Crippen molar-refractivity contribution in [3.63, 3.8) is 0 Å². The van der Waals surface area contributed by atoms with Crippen molar-refractivity contribution in [2.45, 2.75) is 96.8 Å². The smallest absolute Gasteiger partial charge is 0.340 e. The van der Waals surface area contributed by atoms with Crippen LogP contribution in [0.2, 0.25) is 0 Å². The van der Waals surface area contributed by atoms with E-state index in [1.165, 1.54) is 65.4 Å². The number of thioether (sulfide) groups is 1. The van der Waals surface area contributed by atoms with Gasteiger partial charge in [0.25, 0.3) is 0 Å². The molecule has 2 atom stereocenters. The third-order valence-electron chi connectivity index (χ3n) is 5.26. The highest BCUT2D eigenvalue weighted by atomic mass is 32.2. The molecule has 0 aromatic rings. The molecule has 0 aliphatic rings. The molecule has 4 nitrogen and oxygen atoms in total. The van der Waals surface area contributed by atoms with Crippen LogP contribution in [0.25, 0.3) is 0 Å². The van der Waals surface area contributed by atoms with Crippen molar-refractivity contribution in [3.05, 3.63) is 0 Å². The van der Waals surface area contributed by atoms with Crippen molar-refractivity contribution in [2.24, 2.45) is 11.8 Å². The summed E-state index contributed by atoms with van der Waals surface area (Å²) in [5, 5.41) is 0. The number of alkyl halides is 4. The number of carbonyl (C=O) groups excluding carboxylic acids is 2. The maximum atomic E-state index is 12.9. The normalized spacial score (nSPS) is 13.8. The lowest BCUT2D eigenvalue weighted by atomic mass is 9.97. The molecular formula is C23H40F4O4S. The van der Waals surface area contributed by atoms with Crippen LogP contribution < -0.4 is 0 Å². The number of unbranched alkanes of at least 4 members (excludes halogenated alkanes) is 9. The largest absolute Gasteiger partial charge is 0.469 e. The Kier molecular flexibility index (Phi) is 17.9. The van der Waals surface area contributed by atoms with Gasteiger partial charge in [0.1, 0.15) is 0 Å². The summed E-state index contributed by atoms with van der Waals surface area (Å²) in [6.07, 6.45) is 8.55. The minimum atomic E-state index is -4.39. The molecule has 0 aromatic carbocycles. The van der Waals surface area contributed by atoms with E-state index >= 15 is 0 Å². The van der Waals surface area contributed by atoms with Crippen LogP contribution in [-0.2, 0) is 19.1 Å². The fraction of sp³-hybridized carbons (Fsp3) is 0.913. The van der Waals surface area contributed by atoms with Gasteiger partial charge in [-0.25, -0.2) is 8.78 Å². The Bertz CT molecular complexity index is 506. The van der Waals surface area contributed by atoms with Gasteiger partial charge < -0.3 is 9.47 Å². The Hall–Kier alpha value is -0.990. The van der Waals surface area contributed by atoms with Crippen molar-refractivity contribution in [1.82, 2.24) is 0 Å². The molecule has 0 heterocycles. The topological polar surface area (TPSA) is 52.6 Å². The van der Waals surface area contributed by atoms with E-state index in [1.807, 2.05) is 0 Å². The molecule has 2 unspecified atom stereocenters. The monoisotopic (exact) mass is 488 g/mol. The van der Waals surface area contributed by atoms with Crippen molar-refractivity contribution in [2.75, 3.05) is 25.2 Å². The summed E-state index contributed by atoms with van der Waals surface area (Å²) in [6.45, 7) is 1.96.